The molecule has 1 aromatic heterocycles. The van der Waals surface area contributed by atoms with Gasteiger partial charge in [0, 0.05) is 18.2 Å². The molecule has 2 rings (SSSR count). The third-order valence-electron chi connectivity index (χ3n) is 3.79. The van der Waals surface area contributed by atoms with Crippen molar-refractivity contribution in [3.63, 3.8) is 0 Å². The Balaban J connectivity index is 1.84. The monoisotopic (exact) mass is 263 g/mol. The second-order valence-corrected chi connectivity index (χ2v) is 6.43. The van der Waals surface area contributed by atoms with Crippen molar-refractivity contribution >= 4 is 5.78 Å². The van der Waals surface area contributed by atoms with Gasteiger partial charge in [-0.15, -0.1) is 0 Å². The molecule has 0 aromatic carbocycles. The first kappa shape index (κ1) is 14.3. The van der Waals surface area contributed by atoms with E-state index in [1.807, 2.05) is 30.8 Å². The van der Waals surface area contributed by atoms with E-state index in [1.165, 1.54) is 25.7 Å². The maximum Gasteiger partial charge on any atom is 0.138 e. The molecule has 0 radical (unpaired) electrons. The van der Waals surface area contributed by atoms with Crippen LogP contribution in [0.25, 0.3) is 0 Å². The Kier molecular flexibility index (Phi) is 4.40. The van der Waals surface area contributed by atoms with E-state index in [2.05, 4.69) is 5.10 Å². The Morgan fingerprint density at radius 2 is 2.16 bits per heavy atom. The zero-order valence-corrected chi connectivity index (χ0v) is 12.1. The number of nitrogens with zero attached hydrogens (tertiary/aromatic N) is 2. The van der Waals surface area contributed by atoms with E-state index in [0.717, 1.165) is 12.1 Å². The van der Waals surface area contributed by atoms with Gasteiger partial charge in [0.15, 0.2) is 0 Å². The molecule has 2 N–H and O–H groups in total. The lowest BCUT2D eigenvalue weighted by molar-refractivity contribution is -0.118. The van der Waals surface area contributed by atoms with Gasteiger partial charge in [0.1, 0.15) is 5.78 Å². The summed E-state index contributed by atoms with van der Waals surface area (Å²) in [6, 6.07) is 2.52. The van der Waals surface area contributed by atoms with Crippen molar-refractivity contribution in [3.8, 4) is 0 Å². The summed E-state index contributed by atoms with van der Waals surface area (Å²) in [5.41, 5.74) is 6.52. The van der Waals surface area contributed by atoms with Crippen LogP contribution in [-0.2, 0) is 11.2 Å². The van der Waals surface area contributed by atoms with E-state index in [9.17, 15) is 4.79 Å². The lowest BCUT2D eigenvalue weighted by Gasteiger charge is -2.17. The van der Waals surface area contributed by atoms with Gasteiger partial charge < -0.3 is 5.73 Å². The molecule has 1 saturated carbocycles. The van der Waals surface area contributed by atoms with Crippen LogP contribution in [0, 0.1) is 0 Å². The molecule has 4 heteroatoms. The molecular weight excluding hydrogens is 238 g/mol. The Bertz CT molecular complexity index is 425. The second-order valence-electron chi connectivity index (χ2n) is 6.43. The highest BCUT2D eigenvalue weighted by Gasteiger charge is 2.18. The maximum absolute atomic E-state index is 11.9. The molecule has 19 heavy (non-hydrogen) atoms. The summed E-state index contributed by atoms with van der Waals surface area (Å²) in [5.74, 6) is 0.232. The standard InChI is InChI=1S/C15H25N3O/c1-15(2,16)9-7-14(19)11-12-8-10-18(17-12)13-5-3-4-6-13/h8,10,13H,3-7,9,11,16H2,1-2H3. The summed E-state index contributed by atoms with van der Waals surface area (Å²) >= 11 is 0. The topological polar surface area (TPSA) is 60.9 Å². The van der Waals surface area contributed by atoms with E-state index < -0.39 is 0 Å². The lowest BCUT2D eigenvalue weighted by Crippen LogP contribution is -2.32. The minimum absolute atomic E-state index is 0.232. The smallest absolute Gasteiger partial charge is 0.138 e. The number of hydrogen-bond acceptors (Lipinski definition) is 3. The molecular formula is C15H25N3O. The van der Waals surface area contributed by atoms with Crippen molar-refractivity contribution in [1.82, 2.24) is 9.78 Å². The van der Waals surface area contributed by atoms with E-state index in [4.69, 9.17) is 5.73 Å². The number of carbonyl (C=O) groups is 1. The van der Waals surface area contributed by atoms with Crippen LogP contribution in [0.4, 0.5) is 0 Å². The summed E-state index contributed by atoms with van der Waals surface area (Å²) in [6.45, 7) is 3.91. The van der Waals surface area contributed by atoms with Gasteiger partial charge in [-0.3, -0.25) is 9.48 Å². The predicted molar refractivity (Wildman–Crippen MR) is 75.9 cm³/mol. The first-order valence-electron chi connectivity index (χ1n) is 7.29. The fourth-order valence-electron chi connectivity index (χ4n) is 2.60. The molecule has 1 aromatic rings. The number of hydrogen-bond donors (Lipinski definition) is 1. The lowest BCUT2D eigenvalue weighted by atomic mass is 9.97. The SMILES string of the molecule is CC(C)(N)CCC(=O)Cc1ccn(C2CCCC2)n1. The molecule has 1 fully saturated rings. The maximum atomic E-state index is 11.9. The van der Waals surface area contributed by atoms with Crippen LogP contribution in [0.1, 0.15) is 64.1 Å². The largest absolute Gasteiger partial charge is 0.326 e. The quantitative estimate of drug-likeness (QED) is 0.858. The molecule has 0 unspecified atom stereocenters. The van der Waals surface area contributed by atoms with Crippen LogP contribution in [0.15, 0.2) is 12.3 Å². The Morgan fingerprint density at radius 3 is 2.79 bits per heavy atom. The van der Waals surface area contributed by atoms with Crippen molar-refractivity contribution in [3.05, 3.63) is 18.0 Å². The number of ketones is 1. The molecule has 0 aliphatic heterocycles. The Labute approximate surface area is 115 Å². The highest BCUT2D eigenvalue weighted by molar-refractivity contribution is 5.80. The normalized spacial score (nSPS) is 17.0. The van der Waals surface area contributed by atoms with Crippen molar-refractivity contribution in [2.45, 2.75) is 70.4 Å². The molecule has 1 aliphatic rings. The second kappa shape index (κ2) is 5.87. The summed E-state index contributed by atoms with van der Waals surface area (Å²) in [4.78, 5) is 11.9. The van der Waals surface area contributed by atoms with E-state index in [-0.39, 0.29) is 11.3 Å². The van der Waals surface area contributed by atoms with Gasteiger partial charge in [0.05, 0.1) is 18.2 Å². The van der Waals surface area contributed by atoms with E-state index in [1.54, 1.807) is 0 Å². The van der Waals surface area contributed by atoms with Crippen LogP contribution in [-0.4, -0.2) is 21.1 Å². The zero-order valence-electron chi connectivity index (χ0n) is 12.1. The zero-order chi connectivity index (χ0) is 13.9. The van der Waals surface area contributed by atoms with Crippen LogP contribution in [0.3, 0.4) is 0 Å². The van der Waals surface area contributed by atoms with Crippen molar-refractivity contribution in [1.29, 1.82) is 0 Å². The molecule has 106 valence electrons. The van der Waals surface area contributed by atoms with Gasteiger partial charge in [-0.1, -0.05) is 12.8 Å². The number of carbonyl (C=O) groups excluding carboxylic acids is 1. The van der Waals surface area contributed by atoms with Gasteiger partial charge in [-0.2, -0.15) is 5.10 Å². The third-order valence-corrected chi connectivity index (χ3v) is 3.79. The van der Waals surface area contributed by atoms with Gasteiger partial charge in [-0.05, 0) is 39.2 Å². The molecule has 1 heterocycles. The van der Waals surface area contributed by atoms with Gasteiger partial charge in [0.2, 0.25) is 0 Å². The molecule has 0 amide bonds. The van der Waals surface area contributed by atoms with Crippen molar-refractivity contribution in [2.24, 2.45) is 5.73 Å². The fraction of sp³-hybridized carbons (Fsp3) is 0.733. The minimum Gasteiger partial charge on any atom is -0.326 e. The number of Topliss-reactive ketones (excluding diaryl/α,β-unsaturated/α-hetero) is 1. The van der Waals surface area contributed by atoms with E-state index in [0.29, 0.717) is 18.9 Å². The van der Waals surface area contributed by atoms with Crippen LogP contribution in [0.2, 0.25) is 0 Å². The van der Waals surface area contributed by atoms with Crippen LogP contribution in [0.5, 0.6) is 0 Å². The van der Waals surface area contributed by atoms with E-state index >= 15 is 0 Å². The average molecular weight is 263 g/mol. The number of rotatable bonds is 6. The molecule has 0 saturated heterocycles. The van der Waals surface area contributed by atoms with Crippen molar-refractivity contribution < 1.29 is 4.79 Å². The van der Waals surface area contributed by atoms with Gasteiger partial charge >= 0.3 is 0 Å². The van der Waals surface area contributed by atoms with Gasteiger partial charge in [-0.25, -0.2) is 0 Å². The van der Waals surface area contributed by atoms with Crippen LogP contribution >= 0.6 is 0 Å². The Hall–Kier alpha value is -1.16. The average Bonchev–Trinajstić information content (AvgIpc) is 2.94. The Morgan fingerprint density at radius 1 is 1.47 bits per heavy atom. The minimum atomic E-state index is -0.265. The molecule has 1 aliphatic carbocycles. The highest BCUT2D eigenvalue weighted by Crippen LogP contribution is 2.28. The number of aromatic nitrogens is 2. The first-order chi connectivity index (χ1) is 8.94. The molecule has 0 bridgehead atoms. The van der Waals surface area contributed by atoms with Crippen molar-refractivity contribution in [2.75, 3.05) is 0 Å². The molecule has 0 atom stereocenters. The molecule has 4 nitrogen and oxygen atoms in total. The summed E-state index contributed by atoms with van der Waals surface area (Å²) in [7, 11) is 0. The number of nitrogens with two attached hydrogens (primary N) is 1. The third kappa shape index (κ3) is 4.46. The fourth-order valence-corrected chi connectivity index (χ4v) is 2.60. The van der Waals surface area contributed by atoms with Gasteiger partial charge in [0.25, 0.3) is 0 Å². The summed E-state index contributed by atoms with van der Waals surface area (Å²) < 4.78 is 2.04. The molecule has 0 spiro atoms. The summed E-state index contributed by atoms with van der Waals surface area (Å²) in [5, 5.41) is 4.54. The predicted octanol–water partition coefficient (Wildman–Crippen LogP) is 2.63. The highest BCUT2D eigenvalue weighted by atomic mass is 16.1. The summed E-state index contributed by atoms with van der Waals surface area (Å²) in [6.07, 6.45) is 8.76. The first-order valence-corrected chi connectivity index (χ1v) is 7.29. The van der Waals surface area contributed by atoms with Crippen LogP contribution < -0.4 is 5.73 Å².